The fourth-order valence-electron chi connectivity index (χ4n) is 4.92. The summed E-state index contributed by atoms with van der Waals surface area (Å²) in [5.74, 6) is -0.486. The summed E-state index contributed by atoms with van der Waals surface area (Å²) in [5, 5.41) is 0. The van der Waals surface area contributed by atoms with Crippen LogP contribution >= 0.6 is 0 Å². The van der Waals surface area contributed by atoms with E-state index in [1.807, 2.05) is 0 Å². The first-order valence-corrected chi connectivity index (χ1v) is 7.45. The van der Waals surface area contributed by atoms with E-state index in [1.54, 1.807) is 0 Å². The average Bonchev–Trinajstić information content (AvgIpc) is 3.07. The van der Waals surface area contributed by atoms with Crippen LogP contribution in [0.2, 0.25) is 0 Å². The zero-order valence-corrected chi connectivity index (χ0v) is 11.3. The number of carbonyl (C=O) groups is 2. The number of allylic oxidation sites excluding steroid dienone is 2. The molecule has 1 saturated heterocycles. The Morgan fingerprint density at radius 1 is 0.952 bits per heavy atom. The van der Waals surface area contributed by atoms with Crippen molar-refractivity contribution in [3.05, 3.63) is 42.2 Å². The lowest BCUT2D eigenvalue weighted by Crippen LogP contribution is -2.34. The molecule has 4 heteroatoms. The number of anilines is 1. The first kappa shape index (κ1) is 11.7. The molecule has 21 heavy (non-hydrogen) atoms. The van der Waals surface area contributed by atoms with Crippen molar-refractivity contribution in [1.29, 1.82) is 0 Å². The summed E-state index contributed by atoms with van der Waals surface area (Å²) < 4.78 is 13.0. The van der Waals surface area contributed by atoms with Crippen molar-refractivity contribution in [3.63, 3.8) is 0 Å². The number of hydrogen-bond donors (Lipinski definition) is 0. The zero-order chi connectivity index (χ0) is 14.4. The third kappa shape index (κ3) is 1.20. The molecule has 2 bridgehead atoms. The van der Waals surface area contributed by atoms with Crippen molar-refractivity contribution in [2.75, 3.05) is 4.90 Å². The van der Waals surface area contributed by atoms with Gasteiger partial charge in [0.15, 0.2) is 0 Å². The summed E-state index contributed by atoms with van der Waals surface area (Å²) >= 11 is 0. The highest BCUT2D eigenvalue weighted by Crippen LogP contribution is 2.73. The predicted molar refractivity (Wildman–Crippen MR) is 73.7 cm³/mol. The quantitative estimate of drug-likeness (QED) is 0.586. The molecule has 1 aromatic rings. The second kappa shape index (κ2) is 3.43. The van der Waals surface area contributed by atoms with Gasteiger partial charge in [0, 0.05) is 0 Å². The van der Waals surface area contributed by atoms with E-state index in [4.69, 9.17) is 0 Å². The molecule has 4 atom stereocenters. The maximum atomic E-state index is 13.0. The number of hydrogen-bond acceptors (Lipinski definition) is 2. The van der Waals surface area contributed by atoms with Crippen LogP contribution in [-0.4, -0.2) is 11.8 Å². The summed E-state index contributed by atoms with van der Waals surface area (Å²) in [6, 6.07) is 5.60. The molecular weight excluding hydrogens is 269 g/mol. The summed E-state index contributed by atoms with van der Waals surface area (Å²) in [4.78, 5) is 26.8. The third-order valence-electron chi connectivity index (χ3n) is 5.94. The predicted octanol–water partition coefficient (Wildman–Crippen LogP) is 2.53. The normalized spacial score (nSPS) is 37.7. The first-order chi connectivity index (χ1) is 10.1. The Morgan fingerprint density at radius 3 is 1.95 bits per heavy atom. The van der Waals surface area contributed by atoms with E-state index in [2.05, 4.69) is 12.2 Å². The van der Waals surface area contributed by atoms with E-state index in [0.717, 1.165) is 12.8 Å². The van der Waals surface area contributed by atoms with Crippen molar-refractivity contribution in [2.45, 2.75) is 12.8 Å². The van der Waals surface area contributed by atoms with Crippen LogP contribution < -0.4 is 4.90 Å². The Balaban J connectivity index is 1.57. The maximum Gasteiger partial charge on any atom is 0.238 e. The average molecular weight is 283 g/mol. The molecule has 4 aliphatic rings. The number of benzene rings is 1. The van der Waals surface area contributed by atoms with Crippen molar-refractivity contribution in [2.24, 2.45) is 29.1 Å². The van der Waals surface area contributed by atoms with Gasteiger partial charge < -0.3 is 0 Å². The van der Waals surface area contributed by atoms with Crippen LogP contribution in [0.15, 0.2) is 36.4 Å². The summed E-state index contributed by atoms with van der Waals surface area (Å²) in [5.41, 5.74) is 0.709. The van der Waals surface area contributed by atoms with Crippen LogP contribution in [0, 0.1) is 34.9 Å². The van der Waals surface area contributed by atoms with E-state index >= 15 is 0 Å². The lowest BCUT2D eigenvalue weighted by molar-refractivity contribution is -0.123. The highest BCUT2D eigenvalue weighted by molar-refractivity contribution is 6.23. The summed E-state index contributed by atoms with van der Waals surface area (Å²) in [7, 11) is 0. The number of fused-ring (bicyclic) bond motifs is 3. The summed E-state index contributed by atoms with van der Waals surface area (Å²) in [6.07, 6.45) is 6.58. The molecule has 0 aromatic heterocycles. The molecule has 1 heterocycles. The van der Waals surface area contributed by atoms with Crippen molar-refractivity contribution >= 4 is 17.5 Å². The fraction of sp³-hybridized carbons (Fsp3) is 0.412. The SMILES string of the molecule is O=C1[C@@H]2[C@@H](C(=O)N1c1ccc(F)cc1)[C@@H]1C=C[C@@H]2C12CC2. The Bertz CT molecular complexity index is 670. The van der Waals surface area contributed by atoms with Crippen molar-refractivity contribution < 1.29 is 14.0 Å². The molecule has 0 N–H and O–H groups in total. The monoisotopic (exact) mass is 283 g/mol. The van der Waals surface area contributed by atoms with Gasteiger partial charge in [-0.25, -0.2) is 4.39 Å². The molecule has 1 aromatic carbocycles. The largest absolute Gasteiger partial charge is 0.274 e. The molecule has 2 amide bonds. The second-order valence-corrected chi connectivity index (χ2v) is 6.71. The topological polar surface area (TPSA) is 37.4 Å². The highest BCUT2D eigenvalue weighted by Gasteiger charge is 2.73. The number of nitrogens with zero attached hydrogens (tertiary/aromatic N) is 1. The van der Waals surface area contributed by atoms with Gasteiger partial charge >= 0.3 is 0 Å². The minimum absolute atomic E-state index is 0.0975. The van der Waals surface area contributed by atoms with Gasteiger partial charge in [-0.1, -0.05) is 12.2 Å². The van der Waals surface area contributed by atoms with Crippen LogP contribution in [0.3, 0.4) is 0 Å². The molecule has 1 spiro atoms. The Hall–Kier alpha value is -1.97. The number of rotatable bonds is 1. The van der Waals surface area contributed by atoms with Gasteiger partial charge in [-0.2, -0.15) is 0 Å². The summed E-state index contributed by atoms with van der Waals surface area (Å²) in [6.45, 7) is 0. The van der Waals surface area contributed by atoms with Gasteiger partial charge in [-0.3, -0.25) is 14.5 Å². The van der Waals surface area contributed by atoms with Gasteiger partial charge in [-0.15, -0.1) is 0 Å². The van der Waals surface area contributed by atoms with E-state index in [-0.39, 0.29) is 46.7 Å². The smallest absolute Gasteiger partial charge is 0.238 e. The number of amides is 2. The lowest BCUT2D eigenvalue weighted by Gasteiger charge is -2.21. The first-order valence-electron chi connectivity index (χ1n) is 7.45. The minimum Gasteiger partial charge on any atom is -0.274 e. The lowest BCUT2D eigenvalue weighted by atomic mass is 9.85. The highest BCUT2D eigenvalue weighted by atomic mass is 19.1. The van der Waals surface area contributed by atoms with E-state index < -0.39 is 0 Å². The molecule has 5 rings (SSSR count). The molecule has 3 fully saturated rings. The maximum absolute atomic E-state index is 13.0. The standard InChI is InChI=1S/C17H14FNO2/c18-9-1-3-10(4-2-9)19-15(20)13-11-5-6-12(14(13)16(19)21)17(11)7-8-17/h1-6,11-14H,7-8H2/t11-,12-,13-,14-/m0/s1. The van der Waals surface area contributed by atoms with Gasteiger partial charge in [0.05, 0.1) is 17.5 Å². The molecule has 3 aliphatic carbocycles. The molecular formula is C17H14FNO2. The molecule has 1 aliphatic heterocycles. The van der Waals surface area contributed by atoms with Crippen molar-refractivity contribution in [3.8, 4) is 0 Å². The van der Waals surface area contributed by atoms with Crippen LogP contribution in [-0.2, 0) is 9.59 Å². The fourth-order valence-corrected chi connectivity index (χ4v) is 4.92. The Labute approximate surface area is 121 Å². The zero-order valence-electron chi connectivity index (χ0n) is 11.3. The second-order valence-electron chi connectivity index (χ2n) is 6.71. The van der Waals surface area contributed by atoms with Crippen LogP contribution in [0.4, 0.5) is 10.1 Å². The third-order valence-corrected chi connectivity index (χ3v) is 5.94. The van der Waals surface area contributed by atoms with Crippen LogP contribution in [0.1, 0.15) is 12.8 Å². The number of imide groups is 1. The number of halogens is 1. The molecule has 0 unspecified atom stereocenters. The van der Waals surface area contributed by atoms with Gasteiger partial charge in [0.2, 0.25) is 11.8 Å². The van der Waals surface area contributed by atoms with Gasteiger partial charge in [0.1, 0.15) is 5.82 Å². The Morgan fingerprint density at radius 2 is 1.48 bits per heavy atom. The molecule has 106 valence electrons. The van der Waals surface area contributed by atoms with Crippen molar-refractivity contribution in [1.82, 2.24) is 0 Å². The Kier molecular flexibility index (Phi) is 1.91. The van der Waals surface area contributed by atoms with Gasteiger partial charge in [-0.05, 0) is 54.4 Å². The molecule has 0 radical (unpaired) electrons. The van der Waals surface area contributed by atoms with Crippen LogP contribution in [0.5, 0.6) is 0 Å². The van der Waals surface area contributed by atoms with E-state index in [1.165, 1.54) is 29.2 Å². The number of carbonyl (C=O) groups excluding carboxylic acids is 2. The van der Waals surface area contributed by atoms with E-state index in [9.17, 15) is 14.0 Å². The van der Waals surface area contributed by atoms with E-state index in [0.29, 0.717) is 5.69 Å². The minimum atomic E-state index is -0.364. The van der Waals surface area contributed by atoms with Gasteiger partial charge in [0.25, 0.3) is 0 Å². The van der Waals surface area contributed by atoms with Crippen LogP contribution in [0.25, 0.3) is 0 Å². The molecule has 2 saturated carbocycles. The molecule has 3 nitrogen and oxygen atoms in total.